The van der Waals surface area contributed by atoms with Gasteiger partial charge in [0.2, 0.25) is 5.95 Å². The van der Waals surface area contributed by atoms with E-state index in [2.05, 4.69) is 15.3 Å². The summed E-state index contributed by atoms with van der Waals surface area (Å²) in [5, 5.41) is 11.8. The summed E-state index contributed by atoms with van der Waals surface area (Å²) in [6.07, 6.45) is 1.85. The largest absolute Gasteiger partial charge is 0.478 e. The van der Waals surface area contributed by atoms with Crippen molar-refractivity contribution in [2.45, 2.75) is 38.3 Å². The van der Waals surface area contributed by atoms with Crippen LogP contribution in [0.2, 0.25) is 0 Å². The Morgan fingerprint density at radius 1 is 1.21 bits per heavy atom. The number of hydrogen-bond donors (Lipinski definition) is 2. The lowest BCUT2D eigenvalue weighted by atomic mass is 9.94. The smallest absolute Gasteiger partial charge is 0.407 e. The maximum absolute atomic E-state index is 14.4. The fourth-order valence-corrected chi connectivity index (χ4v) is 3.26. The molecule has 2 N–H and O–H groups in total. The molecule has 0 saturated carbocycles. The van der Waals surface area contributed by atoms with Gasteiger partial charge in [0, 0.05) is 31.4 Å². The maximum Gasteiger partial charge on any atom is 0.407 e. The molecule has 1 amide bonds. The number of hydrogen-bond acceptors (Lipinski definition) is 6. The van der Waals surface area contributed by atoms with Gasteiger partial charge in [0.25, 0.3) is 0 Å². The van der Waals surface area contributed by atoms with E-state index in [9.17, 15) is 14.0 Å². The number of carboxylic acids is 1. The van der Waals surface area contributed by atoms with Crippen molar-refractivity contribution in [1.82, 2.24) is 15.3 Å². The van der Waals surface area contributed by atoms with Crippen molar-refractivity contribution in [3.8, 4) is 0 Å². The van der Waals surface area contributed by atoms with Crippen LogP contribution in [0.4, 0.5) is 15.1 Å². The van der Waals surface area contributed by atoms with Crippen LogP contribution in [0.3, 0.4) is 0 Å². The summed E-state index contributed by atoms with van der Waals surface area (Å²) >= 11 is 0. The molecule has 9 heteroatoms. The van der Waals surface area contributed by atoms with Crippen molar-refractivity contribution in [2.75, 3.05) is 18.0 Å². The Hall–Kier alpha value is -3.23. The number of benzene rings is 1. The van der Waals surface area contributed by atoms with E-state index in [1.807, 2.05) is 0 Å². The quantitative estimate of drug-likeness (QED) is 0.810. The van der Waals surface area contributed by atoms with Crippen molar-refractivity contribution in [1.29, 1.82) is 0 Å². The molecule has 0 spiro atoms. The number of ether oxygens (including phenoxy) is 1. The molecule has 1 aromatic carbocycles. The molecule has 0 bridgehead atoms. The number of anilines is 1. The van der Waals surface area contributed by atoms with Crippen LogP contribution in [-0.4, -0.2) is 51.9 Å². The topological polar surface area (TPSA) is 105 Å². The molecule has 2 aromatic rings. The third kappa shape index (κ3) is 4.98. The highest BCUT2D eigenvalue weighted by molar-refractivity contribution is 5.86. The van der Waals surface area contributed by atoms with Gasteiger partial charge in [-0.2, -0.15) is 0 Å². The maximum atomic E-state index is 14.4. The van der Waals surface area contributed by atoms with Gasteiger partial charge in [-0.15, -0.1) is 0 Å². The highest BCUT2D eigenvalue weighted by Crippen LogP contribution is 2.31. The molecule has 1 saturated heterocycles. The van der Waals surface area contributed by atoms with Gasteiger partial charge in [0.05, 0.1) is 11.6 Å². The predicted molar refractivity (Wildman–Crippen MR) is 104 cm³/mol. The first-order chi connectivity index (χ1) is 13.6. The molecule has 29 heavy (non-hydrogen) atoms. The zero-order chi connectivity index (χ0) is 21.2. The van der Waals surface area contributed by atoms with Gasteiger partial charge in [0.1, 0.15) is 11.4 Å². The average molecular weight is 402 g/mol. The molecular weight excluding hydrogens is 379 g/mol. The monoisotopic (exact) mass is 402 g/mol. The lowest BCUT2D eigenvalue weighted by Crippen LogP contribution is -2.43. The Bertz CT molecular complexity index is 898. The number of carbonyl (C=O) groups excluding carboxylic acids is 1. The van der Waals surface area contributed by atoms with E-state index >= 15 is 0 Å². The summed E-state index contributed by atoms with van der Waals surface area (Å²) in [6.45, 7) is 5.97. The molecule has 3 rings (SSSR count). The Kier molecular flexibility index (Phi) is 5.67. The van der Waals surface area contributed by atoms with E-state index in [-0.39, 0.29) is 17.3 Å². The molecule has 0 aliphatic carbocycles. The first-order valence-corrected chi connectivity index (χ1v) is 9.18. The van der Waals surface area contributed by atoms with Crippen LogP contribution in [0.1, 0.15) is 42.6 Å². The Morgan fingerprint density at radius 2 is 1.86 bits per heavy atom. The minimum absolute atomic E-state index is 0.0259. The number of rotatable bonds is 4. The molecule has 8 nitrogen and oxygen atoms in total. The van der Waals surface area contributed by atoms with Gasteiger partial charge < -0.3 is 20.1 Å². The van der Waals surface area contributed by atoms with E-state index in [0.29, 0.717) is 24.6 Å². The fourth-order valence-electron chi connectivity index (χ4n) is 3.26. The molecule has 2 heterocycles. The third-order valence-electron chi connectivity index (χ3n) is 4.49. The number of aromatic nitrogens is 2. The SMILES string of the molecule is CC(C)(C)OC(=O)N[C@H]1CN(c2ncc(C(=O)O)cn2)C[C@@H]1c1ccccc1F. The molecule has 2 atom stereocenters. The Labute approximate surface area is 167 Å². The third-order valence-corrected chi connectivity index (χ3v) is 4.49. The van der Waals surface area contributed by atoms with Gasteiger partial charge >= 0.3 is 12.1 Å². The summed E-state index contributed by atoms with van der Waals surface area (Å²) < 4.78 is 19.8. The minimum atomic E-state index is -1.12. The average Bonchev–Trinajstić information content (AvgIpc) is 3.04. The summed E-state index contributed by atoms with van der Waals surface area (Å²) in [6, 6.07) is 5.96. The van der Waals surface area contributed by atoms with Crippen LogP contribution in [0.15, 0.2) is 36.7 Å². The molecule has 1 fully saturated rings. The fraction of sp³-hybridized carbons (Fsp3) is 0.400. The zero-order valence-corrected chi connectivity index (χ0v) is 16.4. The number of carboxylic acid groups (broad SMARTS) is 1. The highest BCUT2D eigenvalue weighted by Gasteiger charge is 2.38. The van der Waals surface area contributed by atoms with E-state index in [4.69, 9.17) is 9.84 Å². The first-order valence-electron chi connectivity index (χ1n) is 9.18. The molecule has 1 aliphatic rings. The molecular formula is C20H23FN4O4. The van der Waals surface area contributed by atoms with Crippen molar-refractivity contribution >= 4 is 18.0 Å². The van der Waals surface area contributed by atoms with Crippen LogP contribution in [0.25, 0.3) is 0 Å². The molecule has 1 aliphatic heterocycles. The first kappa shape index (κ1) is 20.5. The van der Waals surface area contributed by atoms with E-state index in [1.165, 1.54) is 18.5 Å². The second-order valence-electron chi connectivity index (χ2n) is 7.86. The standard InChI is InChI=1S/C20H23FN4O4/c1-20(2,3)29-19(28)24-16-11-25(18-22-8-12(9-23-18)17(26)27)10-14(16)13-6-4-5-7-15(13)21/h4-9,14,16H,10-11H2,1-3H3,(H,24,28)(H,26,27)/t14-,16+/m1/s1. The number of nitrogens with one attached hydrogen (secondary N) is 1. The zero-order valence-electron chi connectivity index (χ0n) is 16.4. The van der Waals surface area contributed by atoms with Crippen molar-refractivity contribution in [3.05, 3.63) is 53.6 Å². The summed E-state index contributed by atoms with van der Waals surface area (Å²) in [5.74, 6) is -1.53. The lowest BCUT2D eigenvalue weighted by Gasteiger charge is -2.24. The number of amides is 1. The van der Waals surface area contributed by atoms with Crippen LogP contribution in [-0.2, 0) is 4.74 Å². The van der Waals surface area contributed by atoms with Crippen LogP contribution in [0.5, 0.6) is 0 Å². The predicted octanol–water partition coefficient (Wildman–Crippen LogP) is 2.81. The van der Waals surface area contributed by atoms with Gasteiger partial charge in [-0.1, -0.05) is 18.2 Å². The summed E-state index contributed by atoms with van der Waals surface area (Å²) in [4.78, 5) is 33.3. The van der Waals surface area contributed by atoms with Gasteiger partial charge in [-0.25, -0.2) is 23.9 Å². The molecule has 1 aromatic heterocycles. The van der Waals surface area contributed by atoms with Gasteiger partial charge in [-0.3, -0.25) is 0 Å². The summed E-state index contributed by atoms with van der Waals surface area (Å²) in [7, 11) is 0. The lowest BCUT2D eigenvalue weighted by molar-refractivity contribution is 0.0504. The number of halogens is 1. The Morgan fingerprint density at radius 3 is 2.45 bits per heavy atom. The van der Waals surface area contributed by atoms with E-state index in [1.54, 1.807) is 43.9 Å². The Balaban J connectivity index is 1.84. The number of nitrogens with zero attached hydrogens (tertiary/aromatic N) is 3. The second kappa shape index (κ2) is 8.02. The van der Waals surface area contributed by atoms with Crippen molar-refractivity contribution < 1.29 is 23.8 Å². The van der Waals surface area contributed by atoms with Crippen LogP contribution >= 0.6 is 0 Å². The summed E-state index contributed by atoms with van der Waals surface area (Å²) in [5.41, 5.74) is -0.216. The molecule has 0 unspecified atom stereocenters. The van der Waals surface area contributed by atoms with E-state index < -0.39 is 23.7 Å². The number of aromatic carboxylic acids is 1. The van der Waals surface area contributed by atoms with Crippen LogP contribution in [0, 0.1) is 5.82 Å². The number of alkyl carbamates (subject to hydrolysis) is 1. The van der Waals surface area contributed by atoms with E-state index in [0.717, 1.165) is 0 Å². The molecule has 154 valence electrons. The highest BCUT2D eigenvalue weighted by atomic mass is 19.1. The minimum Gasteiger partial charge on any atom is -0.478 e. The normalized spacial score (nSPS) is 19.1. The van der Waals surface area contributed by atoms with Crippen molar-refractivity contribution in [3.63, 3.8) is 0 Å². The molecule has 0 radical (unpaired) electrons. The van der Waals surface area contributed by atoms with Gasteiger partial charge in [-0.05, 0) is 32.4 Å². The van der Waals surface area contributed by atoms with Crippen LogP contribution < -0.4 is 10.2 Å². The second-order valence-corrected chi connectivity index (χ2v) is 7.86. The number of carbonyl (C=O) groups is 2. The van der Waals surface area contributed by atoms with Crippen molar-refractivity contribution in [2.24, 2.45) is 0 Å². The van der Waals surface area contributed by atoms with Gasteiger partial charge in [0.15, 0.2) is 0 Å².